The van der Waals surface area contributed by atoms with Crippen molar-refractivity contribution < 1.29 is 19.1 Å². The number of carbonyl (C=O) groups excluding carboxylic acids is 2. The van der Waals surface area contributed by atoms with Gasteiger partial charge in [-0.1, -0.05) is 13.0 Å². The molecule has 0 spiro atoms. The van der Waals surface area contributed by atoms with Crippen molar-refractivity contribution in [3.8, 4) is 11.5 Å². The van der Waals surface area contributed by atoms with Gasteiger partial charge in [0.15, 0.2) is 6.10 Å². The quantitative estimate of drug-likeness (QED) is 0.732. The molecule has 0 bridgehead atoms. The van der Waals surface area contributed by atoms with Crippen LogP contribution in [0.25, 0.3) is 0 Å². The average Bonchev–Trinajstić information content (AvgIpc) is 2.66. The van der Waals surface area contributed by atoms with Crippen LogP contribution < -0.4 is 20.1 Å². The number of benzene rings is 2. The molecule has 0 aliphatic rings. The zero-order chi connectivity index (χ0) is 19.8. The minimum Gasteiger partial charge on any atom is -0.494 e. The Balaban J connectivity index is 1.99. The van der Waals surface area contributed by atoms with Crippen LogP contribution in [0.4, 0.5) is 11.4 Å². The number of aryl methyl sites for hydroxylation is 1. The predicted octanol–water partition coefficient (Wildman–Crippen LogP) is 4.15. The Morgan fingerprint density at radius 3 is 2.30 bits per heavy atom. The summed E-state index contributed by atoms with van der Waals surface area (Å²) in [5.74, 6) is 0.985. The number of anilines is 2. The number of nitrogens with one attached hydrogen (secondary N) is 2. The molecule has 0 radical (unpaired) electrons. The Bertz CT molecular complexity index is 787. The topological polar surface area (TPSA) is 76.7 Å². The van der Waals surface area contributed by atoms with Gasteiger partial charge in [0.2, 0.25) is 5.91 Å². The number of rotatable bonds is 8. The van der Waals surface area contributed by atoms with Gasteiger partial charge in [-0.25, -0.2) is 0 Å². The van der Waals surface area contributed by atoms with Crippen molar-refractivity contribution in [2.24, 2.45) is 0 Å². The van der Waals surface area contributed by atoms with Crippen LogP contribution in [-0.2, 0) is 9.59 Å². The van der Waals surface area contributed by atoms with E-state index in [9.17, 15) is 9.59 Å². The van der Waals surface area contributed by atoms with Gasteiger partial charge in [-0.2, -0.15) is 0 Å². The summed E-state index contributed by atoms with van der Waals surface area (Å²) in [4.78, 5) is 24.0. The number of hydrogen-bond donors (Lipinski definition) is 2. The van der Waals surface area contributed by atoms with Crippen LogP contribution in [0.2, 0.25) is 0 Å². The van der Waals surface area contributed by atoms with Crippen molar-refractivity contribution in [2.75, 3.05) is 17.2 Å². The number of hydrogen-bond acceptors (Lipinski definition) is 4. The molecule has 6 nitrogen and oxygen atoms in total. The minimum absolute atomic E-state index is 0.0752. The van der Waals surface area contributed by atoms with Crippen molar-refractivity contribution in [1.82, 2.24) is 0 Å². The van der Waals surface area contributed by atoms with E-state index in [-0.39, 0.29) is 11.8 Å². The van der Waals surface area contributed by atoms with Crippen LogP contribution in [0.3, 0.4) is 0 Å². The van der Waals surface area contributed by atoms with Crippen molar-refractivity contribution in [3.63, 3.8) is 0 Å². The molecule has 27 heavy (non-hydrogen) atoms. The summed E-state index contributed by atoms with van der Waals surface area (Å²) in [5, 5.41) is 5.64. The summed E-state index contributed by atoms with van der Waals surface area (Å²) in [5.41, 5.74) is 2.20. The van der Waals surface area contributed by atoms with E-state index in [1.54, 1.807) is 50.2 Å². The van der Waals surface area contributed by atoms with Crippen LogP contribution in [0.5, 0.6) is 11.5 Å². The second-order valence-corrected chi connectivity index (χ2v) is 6.09. The second kappa shape index (κ2) is 9.62. The first kappa shape index (κ1) is 20.3. The maximum Gasteiger partial charge on any atom is 0.265 e. The van der Waals surface area contributed by atoms with E-state index in [1.807, 2.05) is 19.9 Å². The number of carbonyl (C=O) groups is 2. The molecule has 2 N–H and O–H groups in total. The first-order valence-corrected chi connectivity index (χ1v) is 9.03. The van der Waals surface area contributed by atoms with Crippen molar-refractivity contribution >= 4 is 23.2 Å². The predicted molar refractivity (Wildman–Crippen MR) is 106 cm³/mol. The zero-order valence-electron chi connectivity index (χ0n) is 16.2. The van der Waals surface area contributed by atoms with E-state index in [1.165, 1.54) is 0 Å². The maximum absolute atomic E-state index is 12.4. The van der Waals surface area contributed by atoms with E-state index in [2.05, 4.69) is 10.6 Å². The van der Waals surface area contributed by atoms with Crippen molar-refractivity contribution in [1.29, 1.82) is 0 Å². The molecule has 0 fully saturated rings. The monoisotopic (exact) mass is 370 g/mol. The molecule has 144 valence electrons. The van der Waals surface area contributed by atoms with Crippen LogP contribution in [0, 0.1) is 6.92 Å². The average molecular weight is 370 g/mol. The van der Waals surface area contributed by atoms with Gasteiger partial charge in [0.1, 0.15) is 11.5 Å². The van der Waals surface area contributed by atoms with Crippen molar-refractivity contribution in [2.45, 2.75) is 40.2 Å². The Morgan fingerprint density at radius 2 is 1.67 bits per heavy atom. The summed E-state index contributed by atoms with van der Waals surface area (Å²) < 4.78 is 11.1. The largest absolute Gasteiger partial charge is 0.494 e. The third kappa shape index (κ3) is 6.02. The fourth-order valence-electron chi connectivity index (χ4n) is 2.36. The molecular weight excluding hydrogens is 344 g/mol. The molecular formula is C21H26N2O4. The smallest absolute Gasteiger partial charge is 0.265 e. The molecule has 0 saturated carbocycles. The molecule has 0 aliphatic carbocycles. The number of ether oxygens (including phenoxy) is 2. The van der Waals surface area contributed by atoms with Crippen molar-refractivity contribution in [3.05, 3.63) is 48.0 Å². The SMILES string of the molecule is CCOc1ccc(OC(C)C(=O)Nc2ccc(C)c(NC(=O)CC)c2)cc1. The molecule has 2 amide bonds. The molecule has 2 rings (SSSR count). The Labute approximate surface area is 159 Å². The highest BCUT2D eigenvalue weighted by atomic mass is 16.5. The first-order chi connectivity index (χ1) is 12.9. The molecule has 1 atom stereocenters. The van der Waals surface area contributed by atoms with Gasteiger partial charge in [-0.15, -0.1) is 0 Å². The summed E-state index contributed by atoms with van der Waals surface area (Å²) in [6, 6.07) is 12.5. The lowest BCUT2D eigenvalue weighted by Gasteiger charge is -2.16. The number of amides is 2. The third-order valence-corrected chi connectivity index (χ3v) is 3.92. The summed E-state index contributed by atoms with van der Waals surface area (Å²) >= 11 is 0. The highest BCUT2D eigenvalue weighted by Crippen LogP contribution is 2.22. The fraction of sp³-hybridized carbons (Fsp3) is 0.333. The lowest BCUT2D eigenvalue weighted by Crippen LogP contribution is -2.30. The summed E-state index contributed by atoms with van der Waals surface area (Å²) in [6.45, 7) is 7.88. The van der Waals surface area contributed by atoms with E-state index in [0.29, 0.717) is 30.2 Å². The van der Waals surface area contributed by atoms with Gasteiger partial charge in [0, 0.05) is 17.8 Å². The molecule has 0 aliphatic heterocycles. The summed E-state index contributed by atoms with van der Waals surface area (Å²) in [6.07, 6.45) is -0.291. The molecule has 0 aromatic heterocycles. The molecule has 0 heterocycles. The van der Waals surface area contributed by atoms with Gasteiger partial charge in [-0.3, -0.25) is 9.59 Å². The molecule has 0 saturated heterocycles. The first-order valence-electron chi connectivity index (χ1n) is 9.03. The Hall–Kier alpha value is -3.02. The van der Waals surface area contributed by atoms with Gasteiger partial charge in [-0.05, 0) is 62.7 Å². The highest BCUT2D eigenvalue weighted by Gasteiger charge is 2.15. The maximum atomic E-state index is 12.4. The van der Waals surface area contributed by atoms with Crippen LogP contribution >= 0.6 is 0 Å². The molecule has 1 unspecified atom stereocenters. The Morgan fingerprint density at radius 1 is 1.00 bits per heavy atom. The van der Waals surface area contributed by atoms with Gasteiger partial charge in [0.05, 0.1) is 6.61 Å². The molecule has 2 aromatic carbocycles. The minimum atomic E-state index is -0.682. The molecule has 6 heteroatoms. The van der Waals surface area contributed by atoms with E-state index in [4.69, 9.17) is 9.47 Å². The zero-order valence-corrected chi connectivity index (χ0v) is 16.2. The normalized spacial score (nSPS) is 11.4. The second-order valence-electron chi connectivity index (χ2n) is 6.09. The van der Waals surface area contributed by atoms with Crippen LogP contribution in [-0.4, -0.2) is 24.5 Å². The van der Waals surface area contributed by atoms with Gasteiger partial charge < -0.3 is 20.1 Å². The van der Waals surface area contributed by atoms with Crippen LogP contribution in [0.15, 0.2) is 42.5 Å². The third-order valence-electron chi connectivity index (χ3n) is 3.92. The Kier molecular flexibility index (Phi) is 7.23. The standard InChI is InChI=1S/C21H26N2O4/c1-5-20(24)23-19-13-16(8-7-14(19)3)22-21(25)15(4)27-18-11-9-17(10-12-18)26-6-2/h7-13,15H,5-6H2,1-4H3,(H,22,25)(H,23,24). The van der Waals surface area contributed by atoms with E-state index < -0.39 is 6.10 Å². The summed E-state index contributed by atoms with van der Waals surface area (Å²) in [7, 11) is 0. The van der Waals surface area contributed by atoms with E-state index >= 15 is 0 Å². The highest BCUT2D eigenvalue weighted by molar-refractivity contribution is 5.96. The fourth-order valence-corrected chi connectivity index (χ4v) is 2.36. The lowest BCUT2D eigenvalue weighted by atomic mass is 10.1. The van der Waals surface area contributed by atoms with Gasteiger partial charge in [0.25, 0.3) is 5.91 Å². The lowest BCUT2D eigenvalue weighted by molar-refractivity contribution is -0.122. The van der Waals surface area contributed by atoms with E-state index in [0.717, 1.165) is 11.3 Å². The van der Waals surface area contributed by atoms with Crippen LogP contribution in [0.1, 0.15) is 32.8 Å². The molecule has 2 aromatic rings. The van der Waals surface area contributed by atoms with Gasteiger partial charge >= 0.3 is 0 Å².